The largest absolute Gasteiger partial charge is 0.378 e. The second kappa shape index (κ2) is 9.89. The van der Waals surface area contributed by atoms with E-state index >= 15 is 0 Å². The Kier molecular flexibility index (Phi) is 7.46. The second-order valence-corrected chi connectivity index (χ2v) is 9.85. The molecule has 31 heavy (non-hydrogen) atoms. The molecule has 1 N–H and O–H groups in total. The first kappa shape index (κ1) is 23.4. The monoisotopic (exact) mass is 465 g/mol. The highest BCUT2D eigenvalue weighted by molar-refractivity contribution is 7.92. The number of hydrogen-bond acceptors (Lipinski definition) is 5. The van der Waals surface area contributed by atoms with Gasteiger partial charge in [-0.15, -0.1) is 0 Å². The Labute approximate surface area is 189 Å². The van der Waals surface area contributed by atoms with E-state index < -0.39 is 22.0 Å². The van der Waals surface area contributed by atoms with Gasteiger partial charge in [-0.2, -0.15) is 0 Å². The number of nitrogens with one attached hydrogen (secondary N) is 1. The van der Waals surface area contributed by atoms with Crippen LogP contribution in [0.1, 0.15) is 18.9 Å². The molecule has 1 aliphatic rings. The number of carbonyl (C=O) groups excluding carboxylic acids is 1. The summed E-state index contributed by atoms with van der Waals surface area (Å²) in [5.74, 6) is -0.397. The number of benzene rings is 2. The molecule has 9 heteroatoms. The zero-order chi connectivity index (χ0) is 22.6. The summed E-state index contributed by atoms with van der Waals surface area (Å²) in [6.07, 6.45) is 1.40. The average Bonchev–Trinajstić information content (AvgIpc) is 2.74. The van der Waals surface area contributed by atoms with Gasteiger partial charge in [-0.3, -0.25) is 9.10 Å². The van der Waals surface area contributed by atoms with E-state index in [9.17, 15) is 13.2 Å². The van der Waals surface area contributed by atoms with Crippen LogP contribution in [0.25, 0.3) is 0 Å². The average molecular weight is 466 g/mol. The molecule has 0 aliphatic carbocycles. The molecule has 0 radical (unpaired) electrons. The van der Waals surface area contributed by atoms with Crippen LogP contribution in [0.2, 0.25) is 5.02 Å². The third-order valence-corrected chi connectivity index (χ3v) is 6.65. The second-order valence-electron chi connectivity index (χ2n) is 7.55. The third-order valence-electron chi connectivity index (χ3n) is 5.25. The van der Waals surface area contributed by atoms with Crippen molar-refractivity contribution in [3.05, 3.63) is 53.1 Å². The standard InChI is InChI=1S/C22H28ClN3O4S/c1-4-20(26(31(3,28)29)21-15-17(23)6-5-16(21)2)22(27)24-18-7-9-19(10-8-18)25-11-13-30-14-12-25/h5-10,15,20H,4,11-14H2,1-3H3,(H,24,27). The van der Waals surface area contributed by atoms with Crippen LogP contribution in [0.15, 0.2) is 42.5 Å². The van der Waals surface area contributed by atoms with Gasteiger partial charge in [0.15, 0.2) is 0 Å². The van der Waals surface area contributed by atoms with Gasteiger partial charge in [-0.05, 0) is 55.3 Å². The van der Waals surface area contributed by atoms with Gasteiger partial charge in [0.2, 0.25) is 15.9 Å². The molecule has 1 amide bonds. The number of sulfonamides is 1. The van der Waals surface area contributed by atoms with Gasteiger partial charge in [-0.25, -0.2) is 8.42 Å². The molecule has 1 heterocycles. The molecule has 7 nitrogen and oxygen atoms in total. The minimum absolute atomic E-state index is 0.302. The van der Waals surface area contributed by atoms with E-state index in [4.69, 9.17) is 16.3 Å². The number of ether oxygens (including phenoxy) is 1. The molecule has 1 atom stereocenters. The van der Waals surface area contributed by atoms with E-state index in [0.29, 0.717) is 36.0 Å². The summed E-state index contributed by atoms with van der Waals surface area (Å²) in [5.41, 5.74) is 2.79. The zero-order valence-corrected chi connectivity index (χ0v) is 19.5. The number of nitrogens with zero attached hydrogens (tertiary/aromatic N) is 2. The van der Waals surface area contributed by atoms with Crippen LogP contribution in [0.3, 0.4) is 0 Å². The Morgan fingerprint density at radius 1 is 1.19 bits per heavy atom. The van der Waals surface area contributed by atoms with Gasteiger partial charge in [0, 0.05) is 29.5 Å². The van der Waals surface area contributed by atoms with Crippen molar-refractivity contribution in [1.29, 1.82) is 0 Å². The van der Waals surface area contributed by atoms with Gasteiger partial charge >= 0.3 is 0 Å². The lowest BCUT2D eigenvalue weighted by molar-refractivity contribution is -0.117. The summed E-state index contributed by atoms with van der Waals surface area (Å²) >= 11 is 6.11. The predicted octanol–water partition coefficient (Wildman–Crippen LogP) is 3.67. The summed E-state index contributed by atoms with van der Waals surface area (Å²) in [6.45, 7) is 6.61. The number of carbonyl (C=O) groups is 1. The first-order valence-corrected chi connectivity index (χ1v) is 12.4. The fourth-order valence-corrected chi connectivity index (χ4v) is 5.09. The van der Waals surface area contributed by atoms with Crippen LogP contribution in [0.5, 0.6) is 0 Å². The lowest BCUT2D eigenvalue weighted by Gasteiger charge is -2.31. The summed E-state index contributed by atoms with van der Waals surface area (Å²) in [7, 11) is -3.73. The molecule has 0 spiro atoms. The van der Waals surface area contributed by atoms with E-state index in [-0.39, 0.29) is 0 Å². The summed E-state index contributed by atoms with van der Waals surface area (Å²) in [6, 6.07) is 11.6. The molecule has 0 bridgehead atoms. The number of anilines is 3. The number of morpholine rings is 1. The quantitative estimate of drug-likeness (QED) is 0.675. The lowest BCUT2D eigenvalue weighted by atomic mass is 10.1. The van der Waals surface area contributed by atoms with E-state index in [2.05, 4.69) is 10.2 Å². The first-order valence-electron chi connectivity index (χ1n) is 10.2. The fraction of sp³-hybridized carbons (Fsp3) is 0.409. The van der Waals surface area contributed by atoms with Crippen LogP contribution in [-0.2, 0) is 19.6 Å². The van der Waals surface area contributed by atoms with Crippen LogP contribution in [-0.4, -0.2) is 52.9 Å². The van der Waals surface area contributed by atoms with Gasteiger partial charge in [0.05, 0.1) is 25.2 Å². The van der Waals surface area contributed by atoms with Crippen molar-refractivity contribution in [3.8, 4) is 0 Å². The normalized spacial score (nSPS) is 15.4. The van der Waals surface area contributed by atoms with Crippen LogP contribution >= 0.6 is 11.6 Å². The topological polar surface area (TPSA) is 79.0 Å². The molecular weight excluding hydrogens is 438 g/mol. The SMILES string of the molecule is CCC(C(=O)Nc1ccc(N2CCOCC2)cc1)N(c1cc(Cl)ccc1C)S(C)(=O)=O. The van der Waals surface area contributed by atoms with E-state index in [1.54, 1.807) is 32.0 Å². The van der Waals surface area contributed by atoms with Crippen molar-refractivity contribution in [2.24, 2.45) is 0 Å². The molecule has 0 aromatic heterocycles. The minimum atomic E-state index is -3.73. The summed E-state index contributed by atoms with van der Waals surface area (Å²) in [5, 5.41) is 3.26. The highest BCUT2D eigenvalue weighted by Gasteiger charge is 2.32. The fourth-order valence-electron chi connectivity index (χ4n) is 3.66. The number of hydrogen-bond donors (Lipinski definition) is 1. The first-order chi connectivity index (χ1) is 14.7. The zero-order valence-electron chi connectivity index (χ0n) is 18.0. The highest BCUT2D eigenvalue weighted by atomic mass is 35.5. The number of aryl methyl sites for hydroxylation is 1. The van der Waals surface area contributed by atoms with Gasteiger partial charge in [0.25, 0.3) is 0 Å². The van der Waals surface area contributed by atoms with Crippen molar-refractivity contribution in [2.45, 2.75) is 26.3 Å². The van der Waals surface area contributed by atoms with Crippen LogP contribution < -0.4 is 14.5 Å². The number of halogens is 1. The van der Waals surface area contributed by atoms with E-state index in [0.717, 1.165) is 34.9 Å². The smallest absolute Gasteiger partial charge is 0.248 e. The van der Waals surface area contributed by atoms with Crippen molar-refractivity contribution < 1.29 is 17.9 Å². The Bertz CT molecular complexity index is 1020. The molecule has 1 aliphatic heterocycles. The van der Waals surface area contributed by atoms with Crippen molar-refractivity contribution in [1.82, 2.24) is 0 Å². The maximum atomic E-state index is 13.1. The molecule has 2 aromatic carbocycles. The van der Waals surface area contributed by atoms with Crippen molar-refractivity contribution >= 4 is 44.6 Å². The highest BCUT2D eigenvalue weighted by Crippen LogP contribution is 2.30. The van der Waals surface area contributed by atoms with Gasteiger partial charge in [-0.1, -0.05) is 24.6 Å². The summed E-state index contributed by atoms with van der Waals surface area (Å²) < 4.78 is 31.9. The number of amides is 1. The van der Waals surface area contributed by atoms with E-state index in [1.165, 1.54) is 0 Å². The maximum absolute atomic E-state index is 13.1. The van der Waals surface area contributed by atoms with E-state index in [1.807, 2.05) is 24.3 Å². The van der Waals surface area contributed by atoms with Gasteiger partial charge < -0.3 is 15.0 Å². The summed E-state index contributed by atoms with van der Waals surface area (Å²) in [4.78, 5) is 15.3. The third kappa shape index (κ3) is 5.70. The molecule has 2 aromatic rings. The van der Waals surface area contributed by atoms with Crippen molar-refractivity contribution in [3.63, 3.8) is 0 Å². The van der Waals surface area contributed by atoms with Crippen molar-refractivity contribution in [2.75, 3.05) is 47.1 Å². The lowest BCUT2D eigenvalue weighted by Crippen LogP contribution is -2.47. The maximum Gasteiger partial charge on any atom is 0.248 e. The number of rotatable bonds is 7. The van der Waals surface area contributed by atoms with Crippen LogP contribution in [0, 0.1) is 6.92 Å². The van der Waals surface area contributed by atoms with Gasteiger partial charge in [0.1, 0.15) is 6.04 Å². The Morgan fingerprint density at radius 3 is 2.42 bits per heavy atom. The molecule has 0 saturated carbocycles. The molecule has 1 saturated heterocycles. The predicted molar refractivity (Wildman–Crippen MR) is 126 cm³/mol. The molecule has 168 valence electrons. The Balaban J connectivity index is 1.82. The molecule has 3 rings (SSSR count). The Hall–Kier alpha value is -2.29. The van der Waals surface area contributed by atoms with Crippen LogP contribution in [0.4, 0.5) is 17.1 Å². The molecule has 1 unspecified atom stereocenters. The minimum Gasteiger partial charge on any atom is -0.378 e. The Morgan fingerprint density at radius 2 is 1.84 bits per heavy atom. The molecule has 1 fully saturated rings. The molecular formula is C22H28ClN3O4S.